The summed E-state index contributed by atoms with van der Waals surface area (Å²) in [5.41, 5.74) is -1.82. The topological polar surface area (TPSA) is 95.9 Å². The molecule has 1 aromatic carbocycles. The molecule has 9 heteroatoms. The minimum Gasteiger partial charge on any atom is -0.479 e. The zero-order chi connectivity index (χ0) is 18.7. The first-order valence-corrected chi connectivity index (χ1v) is 6.89. The molecule has 1 amide bonds. The quantitative estimate of drug-likeness (QED) is 0.777. The van der Waals surface area contributed by atoms with Gasteiger partial charge in [-0.15, -0.1) is 0 Å². The molecule has 0 radical (unpaired) electrons. The van der Waals surface area contributed by atoms with Gasteiger partial charge in [-0.3, -0.25) is 0 Å². The van der Waals surface area contributed by atoms with Crippen molar-refractivity contribution >= 4 is 12.1 Å². The summed E-state index contributed by atoms with van der Waals surface area (Å²) in [4.78, 5) is 22.8. The number of amides is 1. The van der Waals surface area contributed by atoms with Crippen LogP contribution in [-0.4, -0.2) is 34.0 Å². The highest BCUT2D eigenvalue weighted by atomic mass is 19.4. The largest absolute Gasteiger partial charge is 0.479 e. The zero-order valence-corrected chi connectivity index (χ0v) is 13.2. The second kappa shape index (κ2) is 7.08. The number of aliphatic carboxylic acids is 1. The third-order valence-corrected chi connectivity index (χ3v) is 2.84. The number of rotatable bonds is 4. The average Bonchev–Trinajstić information content (AvgIpc) is 2.41. The molecule has 0 saturated heterocycles. The van der Waals surface area contributed by atoms with Crippen LogP contribution >= 0.6 is 0 Å². The molecule has 134 valence electrons. The van der Waals surface area contributed by atoms with Gasteiger partial charge in [0.2, 0.25) is 0 Å². The highest BCUT2D eigenvalue weighted by molar-refractivity contribution is 5.75. The second-order valence-electron chi connectivity index (χ2n) is 6.03. The predicted molar refractivity (Wildman–Crippen MR) is 77.2 cm³/mol. The highest BCUT2D eigenvalue weighted by Gasteiger charge is 2.33. The Bertz CT molecular complexity index is 593. The number of carbonyl (C=O) groups excluding carboxylic acids is 1. The number of nitrogens with one attached hydrogen (secondary N) is 1. The number of carboxylic acid groups (broad SMARTS) is 1. The van der Waals surface area contributed by atoms with Crippen LogP contribution in [0.2, 0.25) is 0 Å². The Labute approximate surface area is 136 Å². The molecule has 0 fully saturated rings. The third kappa shape index (κ3) is 5.73. The summed E-state index contributed by atoms with van der Waals surface area (Å²) >= 11 is 0. The maximum atomic E-state index is 12.6. The fourth-order valence-corrected chi connectivity index (χ4v) is 1.80. The minimum absolute atomic E-state index is 0.0104. The van der Waals surface area contributed by atoms with Gasteiger partial charge in [0.05, 0.1) is 11.6 Å². The Morgan fingerprint density at radius 3 is 2.00 bits per heavy atom. The van der Waals surface area contributed by atoms with Gasteiger partial charge in [-0.2, -0.15) is 13.2 Å². The van der Waals surface area contributed by atoms with Crippen molar-refractivity contribution in [3.63, 3.8) is 0 Å². The molecule has 0 saturated carbocycles. The molecule has 0 aliphatic rings. The maximum absolute atomic E-state index is 12.6. The molecule has 6 nitrogen and oxygen atoms in total. The van der Waals surface area contributed by atoms with E-state index in [1.807, 2.05) is 0 Å². The smallest absolute Gasteiger partial charge is 0.416 e. The fourth-order valence-electron chi connectivity index (χ4n) is 1.80. The predicted octanol–water partition coefficient (Wildman–Crippen LogP) is 2.72. The molecule has 2 atom stereocenters. The van der Waals surface area contributed by atoms with E-state index in [0.29, 0.717) is 0 Å². The van der Waals surface area contributed by atoms with Gasteiger partial charge in [0.25, 0.3) is 0 Å². The van der Waals surface area contributed by atoms with E-state index in [4.69, 9.17) is 9.84 Å². The normalized spacial score (nSPS) is 14.6. The molecule has 0 aliphatic heterocycles. The van der Waals surface area contributed by atoms with Crippen molar-refractivity contribution in [2.24, 2.45) is 0 Å². The first kappa shape index (κ1) is 19.8. The van der Waals surface area contributed by atoms with Crippen LogP contribution in [0.3, 0.4) is 0 Å². The van der Waals surface area contributed by atoms with Crippen LogP contribution < -0.4 is 5.32 Å². The van der Waals surface area contributed by atoms with Gasteiger partial charge in [-0.1, -0.05) is 12.1 Å². The van der Waals surface area contributed by atoms with Crippen molar-refractivity contribution in [1.82, 2.24) is 5.32 Å². The molecule has 0 bridgehead atoms. The standard InChI is InChI=1S/C15H18F3NO5/c1-14(2,3)24-13(23)19-10(11(20)12(21)22)8-4-6-9(7-5-8)15(16,17)18/h4-7,10-11,20H,1-3H3,(H,19,23)(H,21,22)/t10-,11+/m0/s1. The molecule has 0 heterocycles. The van der Waals surface area contributed by atoms with E-state index in [0.717, 1.165) is 24.3 Å². The number of carbonyl (C=O) groups is 2. The average molecular weight is 349 g/mol. The van der Waals surface area contributed by atoms with Gasteiger partial charge in [0.1, 0.15) is 5.60 Å². The monoisotopic (exact) mass is 349 g/mol. The van der Waals surface area contributed by atoms with Crippen LogP contribution in [0.4, 0.5) is 18.0 Å². The van der Waals surface area contributed by atoms with E-state index < -0.39 is 41.5 Å². The number of benzene rings is 1. The number of hydrogen-bond donors (Lipinski definition) is 3. The second-order valence-corrected chi connectivity index (χ2v) is 6.03. The Kier molecular flexibility index (Phi) is 5.83. The lowest BCUT2D eigenvalue weighted by Crippen LogP contribution is -2.42. The minimum atomic E-state index is -4.56. The lowest BCUT2D eigenvalue weighted by Gasteiger charge is -2.25. The number of hydrogen-bond acceptors (Lipinski definition) is 4. The van der Waals surface area contributed by atoms with Crippen molar-refractivity contribution in [3.8, 4) is 0 Å². The van der Waals surface area contributed by atoms with Gasteiger partial charge < -0.3 is 20.3 Å². The van der Waals surface area contributed by atoms with E-state index in [2.05, 4.69) is 5.32 Å². The Morgan fingerprint density at radius 1 is 1.12 bits per heavy atom. The number of ether oxygens (including phenoxy) is 1. The molecule has 0 aliphatic carbocycles. The van der Waals surface area contributed by atoms with E-state index in [1.165, 1.54) is 0 Å². The SMILES string of the molecule is CC(C)(C)OC(=O)N[C@@H](c1ccc(C(F)(F)F)cc1)[C@@H](O)C(=O)O. The van der Waals surface area contributed by atoms with Crippen LogP contribution in [0.1, 0.15) is 37.9 Å². The molecule has 0 spiro atoms. The summed E-state index contributed by atoms with van der Waals surface area (Å²) in [6.07, 6.45) is -7.63. The van der Waals surface area contributed by atoms with Crippen molar-refractivity contribution in [2.45, 2.75) is 44.7 Å². The first-order valence-electron chi connectivity index (χ1n) is 6.89. The molecular weight excluding hydrogens is 331 g/mol. The summed E-state index contributed by atoms with van der Waals surface area (Å²) in [6.45, 7) is 4.73. The molecule has 1 aromatic rings. The van der Waals surface area contributed by atoms with Crippen LogP contribution in [0.25, 0.3) is 0 Å². The van der Waals surface area contributed by atoms with Crippen molar-refractivity contribution in [3.05, 3.63) is 35.4 Å². The molecule has 24 heavy (non-hydrogen) atoms. The van der Waals surface area contributed by atoms with Crippen LogP contribution in [0.15, 0.2) is 24.3 Å². The van der Waals surface area contributed by atoms with Crippen LogP contribution in [-0.2, 0) is 15.7 Å². The van der Waals surface area contributed by atoms with E-state index in [9.17, 15) is 27.9 Å². The van der Waals surface area contributed by atoms with Crippen molar-refractivity contribution < 1.29 is 37.7 Å². The Hall–Kier alpha value is -2.29. The maximum Gasteiger partial charge on any atom is 0.416 e. The van der Waals surface area contributed by atoms with Gasteiger partial charge in [0, 0.05) is 0 Å². The molecular formula is C15H18F3NO5. The lowest BCUT2D eigenvalue weighted by atomic mass is 10.00. The molecule has 0 aromatic heterocycles. The lowest BCUT2D eigenvalue weighted by molar-refractivity contribution is -0.148. The molecule has 3 N–H and O–H groups in total. The van der Waals surface area contributed by atoms with Gasteiger partial charge in [0.15, 0.2) is 6.10 Å². The summed E-state index contributed by atoms with van der Waals surface area (Å²) in [6, 6.07) is 1.95. The number of halogens is 3. The Morgan fingerprint density at radius 2 is 1.62 bits per heavy atom. The van der Waals surface area contributed by atoms with E-state index in [1.54, 1.807) is 20.8 Å². The summed E-state index contributed by atoms with van der Waals surface area (Å²) in [7, 11) is 0. The molecule has 1 rings (SSSR count). The first-order chi connectivity index (χ1) is 10.8. The summed E-state index contributed by atoms with van der Waals surface area (Å²) in [5.74, 6) is -1.64. The van der Waals surface area contributed by atoms with Crippen molar-refractivity contribution in [1.29, 1.82) is 0 Å². The number of carboxylic acids is 1. The van der Waals surface area contributed by atoms with E-state index in [-0.39, 0.29) is 5.56 Å². The number of alkyl carbamates (subject to hydrolysis) is 1. The molecule has 0 unspecified atom stereocenters. The summed E-state index contributed by atoms with van der Waals surface area (Å²) in [5, 5.41) is 20.8. The fraction of sp³-hybridized carbons (Fsp3) is 0.467. The van der Waals surface area contributed by atoms with Gasteiger partial charge in [-0.25, -0.2) is 9.59 Å². The van der Waals surface area contributed by atoms with E-state index >= 15 is 0 Å². The zero-order valence-electron chi connectivity index (χ0n) is 13.2. The van der Waals surface area contributed by atoms with Crippen LogP contribution in [0, 0.1) is 0 Å². The number of aliphatic hydroxyl groups excluding tert-OH is 1. The third-order valence-electron chi connectivity index (χ3n) is 2.84. The Balaban J connectivity index is 3.06. The van der Waals surface area contributed by atoms with Gasteiger partial charge >= 0.3 is 18.2 Å². The highest BCUT2D eigenvalue weighted by Crippen LogP contribution is 2.30. The number of aliphatic hydroxyl groups is 1. The number of alkyl halides is 3. The van der Waals surface area contributed by atoms with Gasteiger partial charge in [-0.05, 0) is 38.5 Å². The van der Waals surface area contributed by atoms with Crippen molar-refractivity contribution in [2.75, 3.05) is 0 Å². The van der Waals surface area contributed by atoms with Crippen LogP contribution in [0.5, 0.6) is 0 Å². The summed E-state index contributed by atoms with van der Waals surface area (Å²) < 4.78 is 42.7.